The van der Waals surface area contributed by atoms with E-state index in [0.29, 0.717) is 5.02 Å². The molecule has 0 amide bonds. The van der Waals surface area contributed by atoms with Gasteiger partial charge in [0.1, 0.15) is 24.1 Å². The highest BCUT2D eigenvalue weighted by Gasteiger charge is 2.48. The molecule has 8 nitrogen and oxygen atoms in total. The van der Waals surface area contributed by atoms with Crippen LogP contribution < -0.4 is 9.47 Å². The van der Waals surface area contributed by atoms with E-state index in [0.717, 1.165) is 0 Å². The second-order valence-corrected chi connectivity index (χ2v) is 7.40. The molecule has 3 rings (SSSR count). The number of aliphatic hydroxyl groups is 3. The highest BCUT2D eigenvalue weighted by molar-refractivity contribution is 6.35. The summed E-state index contributed by atoms with van der Waals surface area (Å²) >= 11 is 18.0. The zero-order chi connectivity index (χ0) is 21.3. The summed E-state index contributed by atoms with van der Waals surface area (Å²) in [6.45, 7) is 0. The predicted molar refractivity (Wildman–Crippen MR) is 103 cm³/mol. The SMILES string of the molecule is O=C(O)[C@H]1O[C@H](Oc2cc(Cl)ccc2Oc2ccc(Cl)cc2Cl)[C@H](O)[C@H](O)[C@@H]1O. The summed E-state index contributed by atoms with van der Waals surface area (Å²) in [6.07, 6.45) is -8.84. The van der Waals surface area contributed by atoms with Crippen LogP contribution >= 0.6 is 34.8 Å². The molecule has 0 aliphatic carbocycles. The van der Waals surface area contributed by atoms with Crippen molar-refractivity contribution < 1.29 is 39.4 Å². The van der Waals surface area contributed by atoms with E-state index in [9.17, 15) is 20.1 Å². The van der Waals surface area contributed by atoms with Crippen molar-refractivity contribution in [2.24, 2.45) is 0 Å². The van der Waals surface area contributed by atoms with Crippen molar-refractivity contribution in [1.29, 1.82) is 0 Å². The van der Waals surface area contributed by atoms with Crippen molar-refractivity contribution in [1.82, 2.24) is 0 Å². The van der Waals surface area contributed by atoms with E-state index in [2.05, 4.69) is 0 Å². The molecular formula is C18H15Cl3O8. The van der Waals surface area contributed by atoms with Crippen LogP contribution in [-0.2, 0) is 9.53 Å². The summed E-state index contributed by atoms with van der Waals surface area (Å²) in [5.41, 5.74) is 0. The first kappa shape index (κ1) is 21.9. The Hall–Kier alpha value is -1.78. The molecular weight excluding hydrogens is 451 g/mol. The molecule has 1 heterocycles. The summed E-state index contributed by atoms with van der Waals surface area (Å²) in [6, 6.07) is 8.85. The van der Waals surface area contributed by atoms with Crippen molar-refractivity contribution in [2.75, 3.05) is 0 Å². The van der Waals surface area contributed by atoms with Gasteiger partial charge in [-0.25, -0.2) is 4.79 Å². The van der Waals surface area contributed by atoms with Crippen molar-refractivity contribution in [3.63, 3.8) is 0 Å². The van der Waals surface area contributed by atoms with Gasteiger partial charge in [0.15, 0.2) is 17.6 Å². The molecule has 29 heavy (non-hydrogen) atoms. The van der Waals surface area contributed by atoms with E-state index in [1.54, 1.807) is 6.07 Å². The van der Waals surface area contributed by atoms with E-state index < -0.39 is 36.7 Å². The first-order chi connectivity index (χ1) is 13.7. The number of aliphatic carboxylic acids is 1. The topological polar surface area (TPSA) is 126 Å². The number of aliphatic hydroxyl groups excluding tert-OH is 3. The van der Waals surface area contributed by atoms with Crippen LogP contribution in [-0.4, -0.2) is 57.1 Å². The van der Waals surface area contributed by atoms with Gasteiger partial charge in [0.2, 0.25) is 6.29 Å². The maximum absolute atomic E-state index is 11.2. The zero-order valence-electron chi connectivity index (χ0n) is 14.4. The van der Waals surface area contributed by atoms with Crippen LogP contribution in [0.3, 0.4) is 0 Å². The maximum Gasteiger partial charge on any atom is 0.335 e. The Balaban J connectivity index is 1.88. The molecule has 11 heteroatoms. The average Bonchev–Trinajstić information content (AvgIpc) is 2.66. The van der Waals surface area contributed by atoms with Gasteiger partial charge in [-0.15, -0.1) is 0 Å². The fraction of sp³-hybridized carbons (Fsp3) is 0.278. The van der Waals surface area contributed by atoms with Crippen LogP contribution in [0, 0.1) is 0 Å². The van der Waals surface area contributed by atoms with Crippen LogP contribution in [0.1, 0.15) is 0 Å². The highest BCUT2D eigenvalue weighted by atomic mass is 35.5. The zero-order valence-corrected chi connectivity index (χ0v) is 16.7. The number of hydrogen-bond acceptors (Lipinski definition) is 7. The van der Waals surface area contributed by atoms with Gasteiger partial charge in [-0.3, -0.25) is 0 Å². The lowest BCUT2D eigenvalue weighted by Crippen LogP contribution is -2.61. The Morgan fingerprint density at radius 3 is 2.10 bits per heavy atom. The molecule has 1 aliphatic rings. The monoisotopic (exact) mass is 464 g/mol. The first-order valence-corrected chi connectivity index (χ1v) is 9.32. The Bertz CT molecular complexity index is 909. The van der Waals surface area contributed by atoms with Gasteiger partial charge >= 0.3 is 5.97 Å². The van der Waals surface area contributed by atoms with Crippen LogP contribution in [0.5, 0.6) is 17.2 Å². The number of halogens is 3. The number of ether oxygens (including phenoxy) is 3. The van der Waals surface area contributed by atoms with Gasteiger partial charge in [0, 0.05) is 16.1 Å². The van der Waals surface area contributed by atoms with Crippen LogP contribution in [0.4, 0.5) is 0 Å². The lowest BCUT2D eigenvalue weighted by atomic mass is 9.99. The molecule has 156 valence electrons. The minimum absolute atomic E-state index is 0.0275. The quantitative estimate of drug-likeness (QED) is 0.531. The Morgan fingerprint density at radius 1 is 0.862 bits per heavy atom. The van der Waals surface area contributed by atoms with Gasteiger partial charge in [0.25, 0.3) is 0 Å². The number of rotatable bonds is 5. The highest BCUT2D eigenvalue weighted by Crippen LogP contribution is 2.39. The second-order valence-electron chi connectivity index (χ2n) is 6.12. The molecule has 2 aromatic carbocycles. The number of hydrogen-bond donors (Lipinski definition) is 4. The lowest BCUT2D eigenvalue weighted by Gasteiger charge is -2.38. The average molecular weight is 466 g/mol. The van der Waals surface area contributed by atoms with Gasteiger partial charge < -0.3 is 34.6 Å². The van der Waals surface area contributed by atoms with Crippen LogP contribution in [0.15, 0.2) is 36.4 Å². The first-order valence-electron chi connectivity index (χ1n) is 8.19. The molecule has 0 bridgehead atoms. The molecule has 0 spiro atoms. The Kier molecular flexibility index (Phi) is 6.75. The van der Waals surface area contributed by atoms with E-state index in [4.69, 9.17) is 54.1 Å². The molecule has 1 aliphatic heterocycles. The minimum Gasteiger partial charge on any atom is -0.479 e. The maximum atomic E-state index is 11.2. The Morgan fingerprint density at radius 2 is 1.48 bits per heavy atom. The molecule has 4 N–H and O–H groups in total. The molecule has 0 saturated carbocycles. The smallest absolute Gasteiger partial charge is 0.335 e. The third-order valence-electron chi connectivity index (χ3n) is 4.08. The second kappa shape index (κ2) is 8.93. The third-order valence-corrected chi connectivity index (χ3v) is 4.84. The van der Waals surface area contributed by atoms with E-state index in [1.165, 1.54) is 30.3 Å². The summed E-state index contributed by atoms with van der Waals surface area (Å²) in [5, 5.41) is 39.8. The molecule has 5 atom stereocenters. The van der Waals surface area contributed by atoms with Crippen LogP contribution in [0.2, 0.25) is 15.1 Å². The van der Waals surface area contributed by atoms with Gasteiger partial charge in [-0.2, -0.15) is 0 Å². The summed E-state index contributed by atoms with van der Waals surface area (Å²) < 4.78 is 16.3. The molecule has 1 saturated heterocycles. The number of benzene rings is 2. The minimum atomic E-state index is -1.84. The third kappa shape index (κ3) is 4.87. The Labute approximate surface area is 179 Å². The van der Waals surface area contributed by atoms with E-state index >= 15 is 0 Å². The predicted octanol–water partition coefficient (Wildman–Crippen LogP) is 2.71. The van der Waals surface area contributed by atoms with Crippen molar-refractivity contribution in [3.8, 4) is 17.2 Å². The van der Waals surface area contributed by atoms with Gasteiger partial charge in [-0.05, 0) is 30.3 Å². The van der Waals surface area contributed by atoms with Crippen molar-refractivity contribution >= 4 is 40.8 Å². The summed E-state index contributed by atoms with van der Waals surface area (Å²) in [5.74, 6) is -1.21. The normalized spacial score (nSPS) is 26.8. The standard InChI is InChI=1S/C18H15Cl3O8/c19-7-1-3-10(9(21)5-7)27-11-4-2-8(20)6-12(11)28-18-15(24)13(22)14(23)16(29-18)17(25)26/h1-6,13-16,18,22-24H,(H,25,26)/t13-,14+,15-,16+,18+/m1/s1. The fourth-order valence-corrected chi connectivity index (χ4v) is 3.22. The van der Waals surface area contributed by atoms with Crippen molar-refractivity contribution in [2.45, 2.75) is 30.7 Å². The fourth-order valence-electron chi connectivity index (χ4n) is 2.61. The molecule has 1 fully saturated rings. The molecule has 2 aromatic rings. The summed E-state index contributed by atoms with van der Waals surface area (Å²) in [7, 11) is 0. The number of carbonyl (C=O) groups is 1. The lowest BCUT2D eigenvalue weighted by molar-refractivity contribution is -0.271. The number of carboxylic acid groups (broad SMARTS) is 1. The van der Waals surface area contributed by atoms with E-state index in [1.807, 2.05) is 0 Å². The van der Waals surface area contributed by atoms with E-state index in [-0.39, 0.29) is 27.3 Å². The molecule has 0 unspecified atom stereocenters. The largest absolute Gasteiger partial charge is 0.479 e. The van der Waals surface area contributed by atoms with Crippen molar-refractivity contribution in [3.05, 3.63) is 51.5 Å². The van der Waals surface area contributed by atoms with Gasteiger partial charge in [-0.1, -0.05) is 34.8 Å². The molecule has 0 aromatic heterocycles. The van der Waals surface area contributed by atoms with Gasteiger partial charge in [0.05, 0.1) is 5.02 Å². The number of carboxylic acids is 1. The van der Waals surface area contributed by atoms with Crippen LogP contribution in [0.25, 0.3) is 0 Å². The summed E-state index contributed by atoms with van der Waals surface area (Å²) in [4.78, 5) is 11.2. The molecule has 0 radical (unpaired) electrons.